The van der Waals surface area contributed by atoms with Gasteiger partial charge in [-0.05, 0) is 48.9 Å². The Labute approximate surface area is 121 Å². The summed E-state index contributed by atoms with van der Waals surface area (Å²) in [4.78, 5) is 21.6. The molecule has 0 spiro atoms. The van der Waals surface area contributed by atoms with E-state index in [-0.39, 0.29) is 11.9 Å². The zero-order valence-electron chi connectivity index (χ0n) is 12.4. The summed E-state index contributed by atoms with van der Waals surface area (Å²) in [5.74, 6) is 0.0675. The molecule has 4 nitrogen and oxygen atoms in total. The summed E-state index contributed by atoms with van der Waals surface area (Å²) in [6.45, 7) is 6.76. The maximum Gasteiger partial charge on any atom is 0.243 e. The molecule has 0 saturated carbocycles. The highest BCUT2D eigenvalue weighted by Crippen LogP contribution is 2.28. The van der Waals surface area contributed by atoms with Crippen molar-refractivity contribution in [3.63, 3.8) is 0 Å². The molecule has 2 aliphatic rings. The van der Waals surface area contributed by atoms with Gasteiger partial charge in [0.05, 0.1) is 6.04 Å². The first-order chi connectivity index (χ1) is 9.75. The maximum atomic E-state index is 11.8. The van der Waals surface area contributed by atoms with Crippen LogP contribution in [0.2, 0.25) is 0 Å². The van der Waals surface area contributed by atoms with Gasteiger partial charge in [-0.1, -0.05) is 19.9 Å². The molecular weight excluding hydrogens is 252 g/mol. The third-order valence-corrected chi connectivity index (χ3v) is 3.64. The second-order valence-corrected chi connectivity index (χ2v) is 4.69. The first-order valence-electron chi connectivity index (χ1n) is 7.23. The molecule has 0 radical (unpaired) electrons. The van der Waals surface area contributed by atoms with E-state index in [9.17, 15) is 4.79 Å². The fraction of sp³-hybridized carbons (Fsp3) is 0.500. The van der Waals surface area contributed by atoms with Crippen molar-refractivity contribution in [2.75, 3.05) is 11.4 Å². The van der Waals surface area contributed by atoms with Gasteiger partial charge >= 0.3 is 0 Å². The first-order valence-corrected chi connectivity index (χ1v) is 7.23. The van der Waals surface area contributed by atoms with E-state index in [4.69, 9.17) is 10.5 Å². The average molecular weight is 276 g/mol. The highest BCUT2D eigenvalue weighted by Gasteiger charge is 2.29. The topological polar surface area (TPSA) is 63.4 Å². The largest absolute Gasteiger partial charge is 0.320 e. The van der Waals surface area contributed by atoms with Gasteiger partial charge in [-0.25, -0.2) is 0 Å². The minimum atomic E-state index is -0.298. The summed E-state index contributed by atoms with van der Waals surface area (Å²) < 4.78 is 0. The maximum absolute atomic E-state index is 11.8. The van der Waals surface area contributed by atoms with Crippen LogP contribution in [-0.4, -0.2) is 25.3 Å². The number of amides is 1. The molecule has 2 N–H and O–H groups in total. The molecule has 1 atom stereocenters. The lowest BCUT2D eigenvalue weighted by molar-refractivity contribution is -0.118. The number of nitrogens with zero attached hydrogens (tertiary/aromatic N) is 1. The molecular formula is C16H24N2O2. The standard InChI is InChI=1S/C13H16N2O.C2H6.CH2O/c14-12-6-7-15(13(12)16)11-5-4-9-2-1-3-10(9)8-11;2*1-2/h4-5,8,12H,1-3,6-7,14H2;1-2H3;1H2. The summed E-state index contributed by atoms with van der Waals surface area (Å²) in [5, 5.41) is 0. The number of fused-ring (bicyclic) bond motifs is 1. The zero-order chi connectivity index (χ0) is 15.1. The summed E-state index contributed by atoms with van der Waals surface area (Å²) in [5.41, 5.74) is 9.61. The lowest BCUT2D eigenvalue weighted by Gasteiger charge is -2.17. The van der Waals surface area contributed by atoms with E-state index in [2.05, 4.69) is 18.2 Å². The quantitative estimate of drug-likeness (QED) is 0.854. The van der Waals surface area contributed by atoms with Gasteiger partial charge in [-0.2, -0.15) is 0 Å². The predicted molar refractivity (Wildman–Crippen MR) is 81.9 cm³/mol. The number of benzene rings is 1. The smallest absolute Gasteiger partial charge is 0.243 e. The van der Waals surface area contributed by atoms with Crippen molar-refractivity contribution in [2.45, 2.75) is 45.6 Å². The highest BCUT2D eigenvalue weighted by atomic mass is 16.2. The van der Waals surface area contributed by atoms with Crippen molar-refractivity contribution >= 4 is 18.4 Å². The molecule has 0 aromatic heterocycles. The molecule has 1 amide bonds. The number of rotatable bonds is 1. The first kappa shape index (κ1) is 16.4. The van der Waals surface area contributed by atoms with Crippen molar-refractivity contribution in [3.8, 4) is 0 Å². The van der Waals surface area contributed by atoms with Crippen LogP contribution in [0.1, 0.15) is 37.8 Å². The molecule has 1 aliphatic heterocycles. The van der Waals surface area contributed by atoms with Crippen molar-refractivity contribution < 1.29 is 9.59 Å². The summed E-state index contributed by atoms with van der Waals surface area (Å²) in [7, 11) is 0. The zero-order valence-corrected chi connectivity index (χ0v) is 12.4. The fourth-order valence-corrected chi connectivity index (χ4v) is 2.68. The molecule has 1 aromatic rings. The molecule has 1 heterocycles. The Balaban J connectivity index is 0.000000461. The van der Waals surface area contributed by atoms with Crippen LogP contribution in [0, 0.1) is 0 Å². The Morgan fingerprint density at radius 3 is 2.45 bits per heavy atom. The van der Waals surface area contributed by atoms with E-state index < -0.39 is 0 Å². The second kappa shape index (κ2) is 7.80. The third-order valence-electron chi connectivity index (χ3n) is 3.64. The number of hydrogen-bond donors (Lipinski definition) is 1. The number of hydrogen-bond acceptors (Lipinski definition) is 3. The van der Waals surface area contributed by atoms with Crippen molar-refractivity contribution in [3.05, 3.63) is 29.3 Å². The molecule has 110 valence electrons. The highest BCUT2D eigenvalue weighted by molar-refractivity contribution is 5.99. The lowest BCUT2D eigenvalue weighted by Crippen LogP contribution is -2.33. The van der Waals surface area contributed by atoms with Crippen LogP contribution in [0.25, 0.3) is 0 Å². The number of anilines is 1. The van der Waals surface area contributed by atoms with E-state index >= 15 is 0 Å². The predicted octanol–water partition coefficient (Wildman–Crippen LogP) is 2.08. The Bertz CT molecular complexity index is 460. The Morgan fingerprint density at radius 1 is 1.20 bits per heavy atom. The van der Waals surface area contributed by atoms with E-state index in [0.29, 0.717) is 0 Å². The van der Waals surface area contributed by atoms with Crippen LogP contribution in [0.3, 0.4) is 0 Å². The molecule has 1 saturated heterocycles. The van der Waals surface area contributed by atoms with Crippen LogP contribution in [0.4, 0.5) is 5.69 Å². The van der Waals surface area contributed by atoms with Gasteiger partial charge in [-0.3, -0.25) is 4.79 Å². The SMILES string of the molecule is C=O.CC.NC1CCN(c2ccc3c(c2)CCC3)C1=O. The second-order valence-electron chi connectivity index (χ2n) is 4.69. The molecule has 3 rings (SSSR count). The Hall–Kier alpha value is -1.68. The average Bonchev–Trinajstić information content (AvgIpc) is 3.10. The van der Waals surface area contributed by atoms with Crippen LogP contribution in [-0.2, 0) is 22.4 Å². The van der Waals surface area contributed by atoms with Gasteiger partial charge in [0.2, 0.25) is 5.91 Å². The van der Waals surface area contributed by atoms with E-state index in [1.807, 2.05) is 25.5 Å². The normalized spacial score (nSPS) is 19.6. The molecule has 4 heteroatoms. The molecule has 1 aliphatic carbocycles. The minimum absolute atomic E-state index is 0.0675. The van der Waals surface area contributed by atoms with Crippen LogP contribution in [0.5, 0.6) is 0 Å². The lowest BCUT2D eigenvalue weighted by atomic mass is 10.1. The van der Waals surface area contributed by atoms with Gasteiger partial charge in [-0.15, -0.1) is 0 Å². The Morgan fingerprint density at radius 2 is 1.85 bits per heavy atom. The van der Waals surface area contributed by atoms with Gasteiger partial charge in [0, 0.05) is 12.2 Å². The summed E-state index contributed by atoms with van der Waals surface area (Å²) >= 11 is 0. The molecule has 1 unspecified atom stereocenters. The van der Waals surface area contributed by atoms with Crippen molar-refractivity contribution in [2.24, 2.45) is 5.73 Å². The van der Waals surface area contributed by atoms with Gasteiger partial charge in [0.15, 0.2) is 0 Å². The molecule has 0 bridgehead atoms. The molecule has 1 aromatic carbocycles. The number of carbonyl (C=O) groups excluding carboxylic acids is 2. The Kier molecular flexibility index (Phi) is 6.39. The third kappa shape index (κ3) is 3.25. The van der Waals surface area contributed by atoms with Gasteiger partial charge < -0.3 is 15.4 Å². The number of carbonyl (C=O) groups is 2. The van der Waals surface area contributed by atoms with Crippen molar-refractivity contribution in [1.29, 1.82) is 0 Å². The number of nitrogens with two attached hydrogens (primary N) is 1. The molecule has 1 fully saturated rings. The van der Waals surface area contributed by atoms with E-state index in [0.717, 1.165) is 25.1 Å². The fourth-order valence-electron chi connectivity index (χ4n) is 2.68. The van der Waals surface area contributed by atoms with Crippen LogP contribution in [0.15, 0.2) is 18.2 Å². The monoisotopic (exact) mass is 276 g/mol. The summed E-state index contributed by atoms with van der Waals surface area (Å²) in [6.07, 6.45) is 4.35. The minimum Gasteiger partial charge on any atom is -0.320 e. The van der Waals surface area contributed by atoms with Gasteiger partial charge in [0.25, 0.3) is 0 Å². The molecule has 20 heavy (non-hydrogen) atoms. The van der Waals surface area contributed by atoms with E-state index in [1.54, 1.807) is 0 Å². The van der Waals surface area contributed by atoms with Crippen LogP contribution >= 0.6 is 0 Å². The van der Waals surface area contributed by atoms with Crippen LogP contribution < -0.4 is 10.6 Å². The summed E-state index contributed by atoms with van der Waals surface area (Å²) in [6, 6.07) is 6.08. The van der Waals surface area contributed by atoms with Gasteiger partial charge in [0.1, 0.15) is 6.79 Å². The van der Waals surface area contributed by atoms with E-state index in [1.165, 1.54) is 24.0 Å². The number of aryl methyl sites for hydroxylation is 2. The van der Waals surface area contributed by atoms with Crippen molar-refractivity contribution in [1.82, 2.24) is 0 Å².